The van der Waals surface area contributed by atoms with Crippen LogP contribution in [0.4, 0.5) is 5.69 Å². The maximum Gasteiger partial charge on any atom is 0.261 e. The summed E-state index contributed by atoms with van der Waals surface area (Å²) in [4.78, 5) is 26.4. The van der Waals surface area contributed by atoms with E-state index in [2.05, 4.69) is 10.0 Å². The number of rotatable bonds is 8. The van der Waals surface area contributed by atoms with Gasteiger partial charge in [0.05, 0.1) is 16.4 Å². The minimum Gasteiger partial charge on any atom is -0.385 e. The van der Waals surface area contributed by atoms with Gasteiger partial charge in [-0.15, -0.1) is 0 Å². The molecule has 1 saturated carbocycles. The molecule has 0 spiro atoms. The highest BCUT2D eigenvalue weighted by Gasteiger charge is 2.35. The minimum atomic E-state index is -3.23. The Hall–Kier alpha value is -1.93. The second-order valence-corrected chi connectivity index (χ2v) is 11.5. The summed E-state index contributed by atoms with van der Waals surface area (Å²) >= 11 is 0. The average molecular weight is 436 g/mol. The summed E-state index contributed by atoms with van der Waals surface area (Å²) in [5.41, 5.74) is 1.78. The summed E-state index contributed by atoms with van der Waals surface area (Å²) in [5, 5.41) is 2.98. The Morgan fingerprint density at radius 2 is 1.63 bits per heavy atom. The Bertz CT molecular complexity index is 903. The number of hydrogen-bond acceptors (Lipinski definition) is 5. The van der Waals surface area contributed by atoms with E-state index in [-0.39, 0.29) is 23.8 Å². The number of fused-ring (bicyclic) bond motifs is 1. The van der Waals surface area contributed by atoms with Gasteiger partial charge in [0.15, 0.2) is 0 Å². The standard InChI is InChI=1S/C22H33N3O4S/c1-14(2)13-25-21(26)19-10-9-18(11-20(19)22(25)27)23-12-16-5-7-17(8-6-16)24-30(28,29)15(3)4/h9-11,14-17,23-24H,5-8,12-13H2,1-4H3/t16-,17-. The third kappa shape index (κ3) is 5.03. The molecule has 1 heterocycles. The lowest BCUT2D eigenvalue weighted by Crippen LogP contribution is -2.41. The molecule has 166 valence electrons. The van der Waals surface area contributed by atoms with Crippen molar-refractivity contribution in [2.75, 3.05) is 18.4 Å². The number of nitrogens with zero attached hydrogens (tertiary/aromatic N) is 1. The van der Waals surface area contributed by atoms with Crippen LogP contribution >= 0.6 is 0 Å². The van der Waals surface area contributed by atoms with E-state index >= 15 is 0 Å². The molecule has 3 rings (SSSR count). The number of amides is 2. The molecule has 2 N–H and O–H groups in total. The lowest BCUT2D eigenvalue weighted by molar-refractivity contribution is 0.0636. The molecule has 0 unspecified atom stereocenters. The number of hydrogen-bond donors (Lipinski definition) is 2. The molecule has 2 aliphatic rings. The first kappa shape index (κ1) is 22.7. The largest absolute Gasteiger partial charge is 0.385 e. The van der Waals surface area contributed by atoms with Gasteiger partial charge in [-0.2, -0.15) is 0 Å². The van der Waals surface area contributed by atoms with E-state index in [1.54, 1.807) is 26.0 Å². The molecule has 1 aromatic carbocycles. The van der Waals surface area contributed by atoms with Gasteiger partial charge in [0.25, 0.3) is 11.8 Å². The lowest BCUT2D eigenvalue weighted by atomic mass is 9.86. The van der Waals surface area contributed by atoms with Crippen LogP contribution in [0.2, 0.25) is 0 Å². The van der Waals surface area contributed by atoms with Crippen LogP contribution in [0.3, 0.4) is 0 Å². The molecule has 0 saturated heterocycles. The molecule has 0 atom stereocenters. The number of anilines is 1. The van der Waals surface area contributed by atoms with Gasteiger partial charge in [0, 0.05) is 24.8 Å². The number of carbonyl (C=O) groups excluding carboxylic acids is 2. The fraction of sp³-hybridized carbons (Fsp3) is 0.636. The van der Waals surface area contributed by atoms with E-state index in [1.807, 2.05) is 19.9 Å². The monoisotopic (exact) mass is 435 g/mol. The van der Waals surface area contributed by atoms with E-state index in [1.165, 1.54) is 4.90 Å². The molecule has 8 heteroatoms. The summed E-state index contributed by atoms with van der Waals surface area (Å²) < 4.78 is 26.9. The van der Waals surface area contributed by atoms with Gasteiger partial charge in [-0.1, -0.05) is 13.8 Å². The molecule has 7 nitrogen and oxygen atoms in total. The smallest absolute Gasteiger partial charge is 0.261 e. The Morgan fingerprint density at radius 1 is 1.00 bits per heavy atom. The highest BCUT2D eigenvalue weighted by atomic mass is 32.2. The molecule has 0 bridgehead atoms. The van der Waals surface area contributed by atoms with Crippen LogP contribution in [-0.2, 0) is 10.0 Å². The topological polar surface area (TPSA) is 95.6 Å². The van der Waals surface area contributed by atoms with Gasteiger partial charge in [-0.25, -0.2) is 13.1 Å². The highest BCUT2D eigenvalue weighted by Crippen LogP contribution is 2.28. The Morgan fingerprint density at radius 3 is 2.23 bits per heavy atom. The molecule has 0 aromatic heterocycles. The fourth-order valence-corrected chi connectivity index (χ4v) is 5.02. The molecule has 1 aliphatic carbocycles. The first-order valence-corrected chi connectivity index (χ1v) is 12.4. The van der Waals surface area contributed by atoms with Crippen molar-refractivity contribution in [1.82, 2.24) is 9.62 Å². The van der Waals surface area contributed by atoms with Crippen LogP contribution in [0, 0.1) is 11.8 Å². The summed E-state index contributed by atoms with van der Waals surface area (Å²) in [6.45, 7) is 8.54. The lowest BCUT2D eigenvalue weighted by Gasteiger charge is -2.29. The zero-order valence-electron chi connectivity index (χ0n) is 18.3. The maximum atomic E-state index is 12.6. The van der Waals surface area contributed by atoms with Gasteiger partial charge in [-0.3, -0.25) is 14.5 Å². The zero-order chi connectivity index (χ0) is 22.1. The molecule has 30 heavy (non-hydrogen) atoms. The number of benzene rings is 1. The average Bonchev–Trinajstić information content (AvgIpc) is 2.91. The van der Waals surface area contributed by atoms with Crippen LogP contribution in [0.1, 0.15) is 74.1 Å². The van der Waals surface area contributed by atoms with Gasteiger partial charge in [0.1, 0.15) is 0 Å². The van der Waals surface area contributed by atoms with Gasteiger partial charge < -0.3 is 5.32 Å². The third-order valence-corrected chi connectivity index (χ3v) is 7.81. The van der Waals surface area contributed by atoms with Crippen molar-refractivity contribution >= 4 is 27.5 Å². The normalized spacial score (nSPS) is 22.1. The van der Waals surface area contributed by atoms with Crippen LogP contribution in [-0.4, -0.2) is 49.5 Å². The number of nitrogens with one attached hydrogen (secondary N) is 2. The van der Waals surface area contributed by atoms with Crippen molar-refractivity contribution in [2.24, 2.45) is 11.8 Å². The Labute approximate surface area is 179 Å². The van der Waals surface area contributed by atoms with Crippen LogP contribution in [0.25, 0.3) is 0 Å². The Balaban J connectivity index is 1.53. The van der Waals surface area contributed by atoms with Crippen molar-refractivity contribution in [3.63, 3.8) is 0 Å². The van der Waals surface area contributed by atoms with E-state index in [0.717, 1.165) is 37.9 Å². The van der Waals surface area contributed by atoms with Gasteiger partial charge >= 0.3 is 0 Å². The van der Waals surface area contributed by atoms with E-state index in [0.29, 0.717) is 23.6 Å². The molecule has 0 radical (unpaired) electrons. The van der Waals surface area contributed by atoms with Crippen LogP contribution in [0.15, 0.2) is 18.2 Å². The summed E-state index contributed by atoms with van der Waals surface area (Å²) in [7, 11) is -3.23. The molecule has 1 fully saturated rings. The number of sulfonamides is 1. The first-order valence-electron chi connectivity index (χ1n) is 10.8. The Kier molecular flexibility index (Phi) is 6.87. The SMILES string of the molecule is CC(C)CN1C(=O)c2ccc(NC[C@H]3CC[C@H](NS(=O)(=O)C(C)C)CC3)cc2C1=O. The zero-order valence-corrected chi connectivity index (χ0v) is 19.1. The van der Waals surface area contributed by atoms with Crippen molar-refractivity contribution in [2.45, 2.75) is 64.7 Å². The second kappa shape index (κ2) is 9.06. The summed E-state index contributed by atoms with van der Waals surface area (Å²) in [6, 6.07) is 5.38. The van der Waals surface area contributed by atoms with E-state index in [9.17, 15) is 18.0 Å². The molecule has 2 amide bonds. The van der Waals surface area contributed by atoms with Crippen molar-refractivity contribution in [3.8, 4) is 0 Å². The molecular weight excluding hydrogens is 402 g/mol. The first-order chi connectivity index (χ1) is 14.1. The van der Waals surface area contributed by atoms with Crippen LogP contribution in [0.5, 0.6) is 0 Å². The maximum absolute atomic E-state index is 12.6. The predicted octanol–water partition coefficient (Wildman–Crippen LogP) is 3.24. The van der Waals surface area contributed by atoms with Crippen molar-refractivity contribution in [3.05, 3.63) is 29.3 Å². The predicted molar refractivity (Wildman–Crippen MR) is 118 cm³/mol. The van der Waals surface area contributed by atoms with Crippen molar-refractivity contribution in [1.29, 1.82) is 0 Å². The van der Waals surface area contributed by atoms with Crippen molar-refractivity contribution < 1.29 is 18.0 Å². The van der Waals surface area contributed by atoms with E-state index in [4.69, 9.17) is 0 Å². The highest BCUT2D eigenvalue weighted by molar-refractivity contribution is 7.90. The quantitative estimate of drug-likeness (QED) is 0.611. The molecular formula is C22H33N3O4S. The number of imide groups is 1. The number of carbonyl (C=O) groups is 2. The summed E-state index contributed by atoms with van der Waals surface area (Å²) in [5.74, 6) is 0.250. The van der Waals surface area contributed by atoms with Gasteiger partial charge in [-0.05, 0) is 69.6 Å². The second-order valence-electron chi connectivity index (χ2n) is 9.19. The van der Waals surface area contributed by atoms with Crippen LogP contribution < -0.4 is 10.0 Å². The molecule has 1 aromatic rings. The minimum absolute atomic E-state index is 0.0178. The third-order valence-electron chi connectivity index (χ3n) is 5.91. The van der Waals surface area contributed by atoms with Gasteiger partial charge in [0.2, 0.25) is 10.0 Å². The molecule has 1 aliphatic heterocycles. The summed E-state index contributed by atoms with van der Waals surface area (Å²) in [6.07, 6.45) is 3.56. The van der Waals surface area contributed by atoms with E-state index < -0.39 is 15.3 Å². The fourth-order valence-electron chi connectivity index (χ4n) is 4.05.